The van der Waals surface area contributed by atoms with Crippen LogP contribution in [-0.2, 0) is 0 Å². The van der Waals surface area contributed by atoms with Gasteiger partial charge in [-0.05, 0) is 214 Å². The second kappa shape index (κ2) is 38.3. The van der Waals surface area contributed by atoms with E-state index in [0.717, 1.165) is 175 Å². The summed E-state index contributed by atoms with van der Waals surface area (Å²) in [5.74, 6) is 2.11. The van der Waals surface area contributed by atoms with Crippen molar-refractivity contribution in [3.05, 3.63) is 110 Å². The van der Waals surface area contributed by atoms with Gasteiger partial charge in [-0.1, -0.05) is 128 Å². The minimum atomic E-state index is -0.169. The highest BCUT2D eigenvalue weighted by Crippen LogP contribution is 2.42. The van der Waals surface area contributed by atoms with Gasteiger partial charge in [-0.2, -0.15) is 15.0 Å². The van der Waals surface area contributed by atoms with Gasteiger partial charge >= 0.3 is 0 Å². The van der Waals surface area contributed by atoms with Crippen molar-refractivity contribution >= 4 is 68.0 Å². The molecule has 0 spiro atoms. The molecule has 1 atom stereocenters. The summed E-state index contributed by atoms with van der Waals surface area (Å²) < 4.78 is 7.04. The number of nitrogens with zero attached hydrogens (tertiary/aromatic N) is 10. The van der Waals surface area contributed by atoms with Crippen molar-refractivity contribution < 1.29 is 15.3 Å². The smallest absolute Gasteiger partial charge is 0.224 e. The Morgan fingerprint density at radius 3 is 0.943 bits per heavy atom. The molecule has 9 N–H and O–H groups in total. The zero-order valence-electron chi connectivity index (χ0n) is 64.3. The monoisotopic (exact) mass is 1440 g/mol. The number of aliphatic hydroxyl groups is 3. The van der Waals surface area contributed by atoms with Crippen LogP contribution in [-0.4, -0.2) is 140 Å². The molecule has 15 rings (SSSR count). The predicted molar refractivity (Wildman–Crippen MR) is 439 cm³/mol. The normalized spacial score (nSPS) is 22.3. The van der Waals surface area contributed by atoms with Crippen LogP contribution in [0.1, 0.15) is 251 Å². The fraction of sp³-hybridized carbons (Fsp3) is 0.586. The highest BCUT2D eigenvalue weighted by Gasteiger charge is 2.29. The number of anilines is 6. The number of aliphatic hydroxyl groups excluding tert-OH is 3. The molecule has 0 radical (unpaired) electrons. The zero-order chi connectivity index (χ0) is 73.0. The minimum absolute atomic E-state index is 0.165. The Labute approximate surface area is 630 Å². The van der Waals surface area contributed by atoms with Crippen molar-refractivity contribution in [2.75, 3.05) is 71.7 Å². The van der Waals surface area contributed by atoms with Gasteiger partial charge in [0.2, 0.25) is 17.8 Å². The first-order valence-corrected chi connectivity index (χ1v) is 41.7. The van der Waals surface area contributed by atoms with E-state index in [4.69, 9.17) is 15.0 Å². The summed E-state index contributed by atoms with van der Waals surface area (Å²) in [5.41, 5.74) is 13.7. The minimum Gasteiger partial charge on any atom is -0.393 e. The van der Waals surface area contributed by atoms with Crippen molar-refractivity contribution in [2.45, 2.75) is 287 Å². The molecule has 0 bridgehead atoms. The molecule has 1 unspecified atom stereocenters. The van der Waals surface area contributed by atoms with Crippen LogP contribution in [0.2, 0.25) is 0 Å². The number of hydrogen-bond acceptors (Lipinski definition) is 16. The maximum absolute atomic E-state index is 10.1. The largest absolute Gasteiger partial charge is 0.393 e. The SMILES string of the molecule is CCCCNc1ncc2c(-c3ccc(NC4CCCCCC4)cc3)cn(C3CCC(O)CC3)c2n1.CCCCNc1ncc2c(-c3ccc(NC4CCCCCC4)cc3)cn(C3CCC(O)CC3)c2n1.CCCCNc1ncc2c(-c3ccc(NC4CCCN(C)CC4)cc3)cn(C3CCC(O)CC3)c2n1. The summed E-state index contributed by atoms with van der Waals surface area (Å²) >= 11 is 0. The maximum atomic E-state index is 10.1. The number of hydrogen-bond donors (Lipinski definition) is 9. The Morgan fingerprint density at radius 2 is 0.642 bits per heavy atom. The third-order valence-electron chi connectivity index (χ3n) is 23.7. The van der Waals surface area contributed by atoms with Gasteiger partial charge in [0.15, 0.2) is 0 Å². The fourth-order valence-corrected chi connectivity index (χ4v) is 17.2. The molecule has 19 nitrogen and oxygen atoms in total. The molecular weight excluding hydrogens is 1320 g/mol. The molecule has 9 aromatic rings. The van der Waals surface area contributed by atoms with Crippen LogP contribution in [0.4, 0.5) is 34.9 Å². The van der Waals surface area contributed by atoms with Crippen molar-refractivity contribution in [3.8, 4) is 33.4 Å². The fourth-order valence-electron chi connectivity index (χ4n) is 17.2. The van der Waals surface area contributed by atoms with Crippen LogP contribution >= 0.6 is 0 Å². The van der Waals surface area contributed by atoms with E-state index in [9.17, 15) is 15.3 Å². The van der Waals surface area contributed by atoms with Crippen LogP contribution in [0.3, 0.4) is 0 Å². The molecule has 6 aromatic heterocycles. The van der Waals surface area contributed by atoms with E-state index in [2.05, 4.69) is 185 Å². The molecule has 19 heteroatoms. The molecule has 570 valence electrons. The predicted octanol–water partition coefficient (Wildman–Crippen LogP) is 19.5. The lowest BCUT2D eigenvalue weighted by Gasteiger charge is -2.27. The number of benzene rings is 3. The van der Waals surface area contributed by atoms with E-state index in [0.29, 0.717) is 54.1 Å². The standard InChI is InChI=1S/C29H42N6O.2C29H41N5O/c1-3-4-16-30-29-31-19-26-27(20-35(28(26)33-29)24-11-13-25(36)14-12-24)21-7-9-23(10-8-21)32-22-6-5-17-34(2)18-15-22;2*1-2-3-18-30-29-31-19-26-27(20-34(28(26)33-29)24-14-16-25(35)17-15-24)21-10-12-23(13-11-21)32-22-8-6-4-5-7-9-22/h7-10,19-20,22,24-25,32,36H,3-6,11-18H2,1-2H3,(H,30,31,33);2*10-13,19-20,22,24-25,32,35H,2-9,14-18H2,1H3,(H,30,31,33). The van der Waals surface area contributed by atoms with Crippen molar-refractivity contribution in [3.63, 3.8) is 0 Å². The summed E-state index contributed by atoms with van der Waals surface area (Å²) in [6.07, 6.45) is 49.6. The number of unbranched alkanes of at least 4 members (excludes halogenated alkanes) is 3. The second-order valence-corrected chi connectivity index (χ2v) is 31.8. The molecule has 5 aliphatic carbocycles. The first-order chi connectivity index (χ1) is 52.0. The van der Waals surface area contributed by atoms with Gasteiger partial charge in [-0.3, -0.25) is 0 Å². The quantitative estimate of drug-likeness (QED) is 0.0202. The number of aromatic nitrogens is 9. The van der Waals surface area contributed by atoms with Gasteiger partial charge in [0.25, 0.3) is 0 Å². The molecule has 5 saturated carbocycles. The average Bonchev–Trinajstić information content (AvgIpc) is 1.62. The van der Waals surface area contributed by atoms with Gasteiger partial charge in [0, 0.05) is 143 Å². The van der Waals surface area contributed by atoms with Gasteiger partial charge in [-0.15, -0.1) is 0 Å². The summed E-state index contributed by atoms with van der Waals surface area (Å²) in [5, 5.41) is 54.9. The lowest BCUT2D eigenvalue weighted by molar-refractivity contribution is 0.111. The number of rotatable bonds is 24. The van der Waals surface area contributed by atoms with E-state index in [1.165, 1.54) is 153 Å². The molecule has 1 saturated heterocycles. The molecular formula is C87H124N16O3. The first kappa shape index (κ1) is 76.4. The van der Waals surface area contributed by atoms with E-state index in [-0.39, 0.29) is 18.3 Å². The number of nitrogens with one attached hydrogen (secondary N) is 6. The molecule has 1 aliphatic heterocycles. The van der Waals surface area contributed by atoms with Crippen molar-refractivity contribution in [1.82, 2.24) is 48.5 Å². The Hall–Kier alpha value is -7.84. The summed E-state index contributed by atoms with van der Waals surface area (Å²) in [6, 6.07) is 29.5. The third-order valence-corrected chi connectivity index (χ3v) is 23.7. The third kappa shape index (κ3) is 20.3. The highest BCUT2D eigenvalue weighted by atomic mass is 16.3. The van der Waals surface area contributed by atoms with E-state index in [1.54, 1.807) is 0 Å². The van der Waals surface area contributed by atoms with Crippen molar-refractivity contribution in [1.29, 1.82) is 0 Å². The summed E-state index contributed by atoms with van der Waals surface area (Å²) in [6.45, 7) is 11.6. The lowest BCUT2D eigenvalue weighted by Crippen LogP contribution is -2.22. The first-order valence-electron chi connectivity index (χ1n) is 41.7. The number of fused-ring (bicyclic) bond motifs is 3. The van der Waals surface area contributed by atoms with Gasteiger partial charge < -0.3 is 65.8 Å². The average molecular weight is 1440 g/mol. The second-order valence-electron chi connectivity index (χ2n) is 31.8. The van der Waals surface area contributed by atoms with Gasteiger partial charge in [0.05, 0.1) is 18.3 Å². The van der Waals surface area contributed by atoms with Crippen LogP contribution < -0.4 is 31.9 Å². The van der Waals surface area contributed by atoms with Crippen LogP contribution in [0.15, 0.2) is 110 Å². The van der Waals surface area contributed by atoms with E-state index in [1.807, 2.05) is 18.6 Å². The molecule has 6 aliphatic rings. The number of likely N-dealkylation sites (tertiary alicyclic amines) is 1. The van der Waals surface area contributed by atoms with Crippen molar-refractivity contribution in [2.24, 2.45) is 0 Å². The Kier molecular flexibility index (Phi) is 27.6. The van der Waals surface area contributed by atoms with Crippen LogP contribution in [0, 0.1) is 0 Å². The van der Waals surface area contributed by atoms with Crippen LogP contribution in [0.25, 0.3) is 66.5 Å². The van der Waals surface area contributed by atoms with Gasteiger partial charge in [-0.25, -0.2) is 15.0 Å². The molecule has 7 heterocycles. The Morgan fingerprint density at radius 1 is 0.349 bits per heavy atom. The van der Waals surface area contributed by atoms with E-state index < -0.39 is 0 Å². The maximum Gasteiger partial charge on any atom is 0.224 e. The zero-order valence-corrected chi connectivity index (χ0v) is 64.3. The molecule has 106 heavy (non-hydrogen) atoms. The topological polar surface area (TPSA) is 228 Å². The molecule has 3 aromatic carbocycles. The van der Waals surface area contributed by atoms with E-state index >= 15 is 0 Å². The Bertz CT molecular complexity index is 3940. The summed E-state index contributed by atoms with van der Waals surface area (Å²) in [7, 11) is 2.22. The van der Waals surface area contributed by atoms with Gasteiger partial charge in [0.1, 0.15) is 16.9 Å². The lowest BCUT2D eigenvalue weighted by atomic mass is 9.93. The molecule has 0 amide bonds. The van der Waals surface area contributed by atoms with Crippen LogP contribution in [0.5, 0.6) is 0 Å². The summed E-state index contributed by atoms with van der Waals surface area (Å²) in [4.78, 5) is 31.3. The Balaban J connectivity index is 0.000000141. The highest BCUT2D eigenvalue weighted by molar-refractivity contribution is 5.96. The molecule has 6 fully saturated rings.